The second-order valence-electron chi connectivity index (χ2n) is 9.19. The third kappa shape index (κ3) is 3.40. The van der Waals surface area contributed by atoms with Crippen LogP contribution in [0.15, 0.2) is 72.9 Å². The number of nitrogens with zero attached hydrogens (tertiary/aromatic N) is 3. The molecule has 2 N–H and O–H groups in total. The van der Waals surface area contributed by atoms with Crippen LogP contribution in [-0.4, -0.2) is 22.4 Å². The average molecular weight is 435 g/mol. The summed E-state index contributed by atoms with van der Waals surface area (Å²) in [5.41, 5.74) is 12.5. The summed E-state index contributed by atoms with van der Waals surface area (Å²) in [6.45, 7) is 0.704. The van der Waals surface area contributed by atoms with Gasteiger partial charge in [0.15, 0.2) is 0 Å². The third-order valence-corrected chi connectivity index (χ3v) is 7.12. The Kier molecular flexibility index (Phi) is 4.73. The van der Waals surface area contributed by atoms with Gasteiger partial charge in [-0.25, -0.2) is 9.97 Å². The minimum Gasteiger partial charge on any atom is -0.321 e. The smallest absolute Gasteiger partial charge is 0.228 e. The normalized spacial score (nSPS) is 17.4. The summed E-state index contributed by atoms with van der Waals surface area (Å²) in [6.07, 6.45) is 6.47. The van der Waals surface area contributed by atoms with Crippen LogP contribution in [0.3, 0.4) is 0 Å². The Morgan fingerprint density at radius 2 is 1.70 bits per heavy atom. The molecule has 6 rings (SSSR count). The molecule has 2 fully saturated rings. The minimum absolute atomic E-state index is 0.127. The zero-order valence-corrected chi connectivity index (χ0v) is 18.5. The van der Waals surface area contributed by atoms with Crippen LogP contribution in [0, 0.1) is 0 Å². The van der Waals surface area contributed by atoms with Crippen LogP contribution < -0.4 is 10.6 Å². The quantitative estimate of drug-likeness (QED) is 0.465. The zero-order chi connectivity index (χ0) is 22.4. The number of rotatable bonds is 4. The van der Waals surface area contributed by atoms with Gasteiger partial charge in [0.2, 0.25) is 5.91 Å². The number of hydrogen-bond donors (Lipinski definition) is 1. The number of hydrogen-bond acceptors (Lipinski definition) is 4. The van der Waals surface area contributed by atoms with Gasteiger partial charge in [-0.3, -0.25) is 9.69 Å². The van der Waals surface area contributed by atoms with Crippen molar-refractivity contribution in [1.82, 2.24) is 9.97 Å². The van der Waals surface area contributed by atoms with E-state index in [2.05, 4.69) is 47.4 Å². The van der Waals surface area contributed by atoms with Crippen molar-refractivity contribution in [2.75, 3.05) is 11.4 Å². The summed E-state index contributed by atoms with van der Waals surface area (Å²) in [6, 6.07) is 22.9. The van der Waals surface area contributed by atoms with Crippen molar-refractivity contribution in [3.63, 3.8) is 0 Å². The van der Waals surface area contributed by atoms with Crippen molar-refractivity contribution in [1.29, 1.82) is 0 Å². The summed E-state index contributed by atoms with van der Waals surface area (Å²) in [4.78, 5) is 23.9. The van der Waals surface area contributed by atoms with Crippen LogP contribution in [-0.2, 0) is 10.3 Å². The van der Waals surface area contributed by atoms with Crippen molar-refractivity contribution < 1.29 is 4.79 Å². The molecular formula is C28H26N4O. The lowest BCUT2D eigenvalue weighted by atomic mass is 9.72. The molecule has 1 amide bonds. The summed E-state index contributed by atoms with van der Waals surface area (Å²) >= 11 is 0. The second-order valence-corrected chi connectivity index (χ2v) is 9.19. The van der Waals surface area contributed by atoms with Gasteiger partial charge in [-0.2, -0.15) is 0 Å². The molecule has 4 aromatic rings. The molecule has 1 aliphatic heterocycles. The number of amides is 1. The maximum atomic E-state index is 12.5. The topological polar surface area (TPSA) is 72.1 Å². The first-order valence-corrected chi connectivity index (χ1v) is 11.7. The van der Waals surface area contributed by atoms with Gasteiger partial charge in [-0.1, -0.05) is 54.6 Å². The van der Waals surface area contributed by atoms with Crippen molar-refractivity contribution in [2.45, 2.75) is 37.6 Å². The first-order valence-electron chi connectivity index (χ1n) is 11.7. The molecule has 5 nitrogen and oxygen atoms in total. The summed E-state index contributed by atoms with van der Waals surface area (Å²) < 4.78 is 0. The van der Waals surface area contributed by atoms with Gasteiger partial charge in [0, 0.05) is 41.2 Å². The van der Waals surface area contributed by atoms with Crippen LogP contribution in [0.2, 0.25) is 0 Å². The predicted molar refractivity (Wildman–Crippen MR) is 132 cm³/mol. The van der Waals surface area contributed by atoms with Crippen LogP contribution in [0.4, 0.5) is 5.82 Å². The molecule has 1 aliphatic carbocycles. The molecule has 1 saturated heterocycles. The molecule has 164 valence electrons. The number of pyridine rings is 2. The molecule has 5 heteroatoms. The Morgan fingerprint density at radius 1 is 0.909 bits per heavy atom. The number of carbonyl (C=O) groups excluding carboxylic acids is 1. The number of nitrogens with two attached hydrogens (primary N) is 1. The Bertz CT molecular complexity index is 1340. The fourth-order valence-electron chi connectivity index (χ4n) is 5.03. The Labute approximate surface area is 193 Å². The maximum Gasteiger partial charge on any atom is 0.228 e. The zero-order valence-electron chi connectivity index (χ0n) is 18.5. The van der Waals surface area contributed by atoms with Gasteiger partial charge in [0.1, 0.15) is 5.82 Å². The van der Waals surface area contributed by atoms with E-state index in [-0.39, 0.29) is 11.4 Å². The van der Waals surface area contributed by atoms with Gasteiger partial charge in [-0.05, 0) is 48.9 Å². The van der Waals surface area contributed by atoms with Crippen LogP contribution >= 0.6 is 0 Å². The SMILES string of the molecule is NC1(c2ccc(-c3nc4ccnc(N5CCCC5=O)c4cc3-c3ccccc3)cc2)CCC1. The minimum atomic E-state index is -0.180. The van der Waals surface area contributed by atoms with Crippen molar-refractivity contribution in [3.8, 4) is 22.4 Å². The number of aromatic nitrogens is 2. The predicted octanol–water partition coefficient (Wildman–Crippen LogP) is 5.43. The first kappa shape index (κ1) is 20.1. The molecule has 0 radical (unpaired) electrons. The van der Waals surface area contributed by atoms with E-state index < -0.39 is 0 Å². The van der Waals surface area contributed by atoms with Crippen molar-refractivity contribution in [3.05, 3.63) is 78.5 Å². The summed E-state index contributed by atoms with van der Waals surface area (Å²) in [5, 5.41) is 0.905. The highest BCUT2D eigenvalue weighted by atomic mass is 16.2. The van der Waals surface area contributed by atoms with E-state index >= 15 is 0 Å². The maximum absolute atomic E-state index is 12.5. The fraction of sp³-hybridized carbons (Fsp3) is 0.250. The molecule has 0 spiro atoms. The number of benzene rings is 2. The van der Waals surface area contributed by atoms with E-state index in [9.17, 15) is 4.79 Å². The highest BCUT2D eigenvalue weighted by Crippen LogP contribution is 2.40. The van der Waals surface area contributed by atoms with Crippen LogP contribution in [0.25, 0.3) is 33.3 Å². The molecule has 3 heterocycles. The monoisotopic (exact) mass is 434 g/mol. The molecule has 0 unspecified atom stereocenters. The molecule has 2 aliphatic rings. The third-order valence-electron chi connectivity index (χ3n) is 7.12. The molecule has 33 heavy (non-hydrogen) atoms. The Hall–Kier alpha value is -3.57. The van der Waals surface area contributed by atoms with E-state index in [0.717, 1.165) is 52.5 Å². The van der Waals surface area contributed by atoms with Crippen LogP contribution in [0.1, 0.15) is 37.7 Å². The van der Waals surface area contributed by atoms with Gasteiger partial charge in [0.05, 0.1) is 11.2 Å². The average Bonchev–Trinajstić information content (AvgIpc) is 3.27. The first-order chi connectivity index (χ1) is 16.1. The lowest BCUT2D eigenvalue weighted by Gasteiger charge is -2.38. The van der Waals surface area contributed by atoms with Gasteiger partial charge < -0.3 is 5.73 Å². The fourth-order valence-corrected chi connectivity index (χ4v) is 5.03. The summed E-state index contributed by atoms with van der Waals surface area (Å²) in [5.74, 6) is 0.833. The number of carbonyl (C=O) groups is 1. The standard InChI is InChI=1S/C28H26N4O/c29-28(14-5-15-28)21-11-9-20(10-12-21)26-22(19-6-2-1-3-7-19)18-23-24(31-26)13-16-30-27(23)32-17-4-8-25(32)33/h1-3,6-7,9-13,16,18H,4-5,8,14-15,17,29H2. The highest BCUT2D eigenvalue weighted by molar-refractivity contribution is 6.04. The lowest BCUT2D eigenvalue weighted by Crippen LogP contribution is -2.43. The summed E-state index contributed by atoms with van der Waals surface area (Å²) in [7, 11) is 0. The number of anilines is 1. The van der Waals surface area contributed by atoms with Crippen LogP contribution in [0.5, 0.6) is 0 Å². The van der Waals surface area contributed by atoms with E-state index in [1.807, 2.05) is 24.3 Å². The number of fused-ring (bicyclic) bond motifs is 1. The van der Waals surface area contributed by atoms with Gasteiger partial charge >= 0.3 is 0 Å². The molecule has 0 atom stereocenters. The highest BCUT2D eigenvalue weighted by Gasteiger charge is 2.34. The molecular weight excluding hydrogens is 408 g/mol. The van der Waals surface area contributed by atoms with E-state index in [0.29, 0.717) is 18.8 Å². The van der Waals surface area contributed by atoms with Crippen molar-refractivity contribution in [2.24, 2.45) is 5.73 Å². The van der Waals surface area contributed by atoms with E-state index in [1.165, 1.54) is 12.0 Å². The Balaban J connectivity index is 1.53. The molecule has 2 aromatic heterocycles. The van der Waals surface area contributed by atoms with E-state index in [1.54, 1.807) is 11.1 Å². The Morgan fingerprint density at radius 3 is 2.36 bits per heavy atom. The largest absolute Gasteiger partial charge is 0.321 e. The van der Waals surface area contributed by atoms with Gasteiger partial charge in [-0.15, -0.1) is 0 Å². The molecule has 2 aromatic carbocycles. The van der Waals surface area contributed by atoms with E-state index in [4.69, 9.17) is 10.7 Å². The van der Waals surface area contributed by atoms with Crippen molar-refractivity contribution >= 4 is 22.6 Å². The molecule has 0 bridgehead atoms. The lowest BCUT2D eigenvalue weighted by molar-refractivity contribution is -0.117. The van der Waals surface area contributed by atoms with Gasteiger partial charge in [0.25, 0.3) is 0 Å². The second kappa shape index (κ2) is 7.78. The molecule has 1 saturated carbocycles.